The summed E-state index contributed by atoms with van der Waals surface area (Å²) in [7, 11) is 0. The van der Waals surface area contributed by atoms with Gasteiger partial charge in [-0.2, -0.15) is 0 Å². The normalized spacial score (nSPS) is 61.2. The van der Waals surface area contributed by atoms with Crippen LogP contribution in [0.15, 0.2) is 0 Å². The fraction of sp³-hybridized carbons (Fsp3) is 1.00. The average molecular weight is 399 g/mol. The van der Waals surface area contributed by atoms with Gasteiger partial charge in [0.25, 0.3) is 0 Å². The molecule has 0 unspecified atom stereocenters. The Balaban J connectivity index is 1.55. The summed E-state index contributed by atoms with van der Waals surface area (Å²) in [4.78, 5) is 0. The molecule has 5 aliphatic carbocycles. The minimum Gasteiger partial charge on any atom is -0.0620 e. The van der Waals surface area contributed by atoms with E-state index in [-0.39, 0.29) is 0 Å². The van der Waals surface area contributed by atoms with Gasteiger partial charge in [-0.25, -0.2) is 0 Å². The Labute approximate surface area is 182 Å². The van der Waals surface area contributed by atoms with Crippen molar-refractivity contribution in [2.75, 3.05) is 0 Å². The number of hydrogen-bond acceptors (Lipinski definition) is 0. The molecule has 0 aromatic heterocycles. The minimum absolute atomic E-state index is 0.554. The van der Waals surface area contributed by atoms with Gasteiger partial charge in [0.05, 0.1) is 0 Å². The lowest BCUT2D eigenvalue weighted by atomic mass is 9.31. The quantitative estimate of drug-likeness (QED) is 0.382. The maximum absolute atomic E-state index is 2.80. The Kier molecular flexibility index (Phi) is 4.22. The molecule has 0 nitrogen and oxygen atoms in total. The second-order valence-corrected chi connectivity index (χ2v) is 15.0. The zero-order chi connectivity index (χ0) is 21.1. The highest BCUT2D eigenvalue weighted by Gasteiger charge is 2.70. The van der Waals surface area contributed by atoms with Crippen molar-refractivity contribution in [3.63, 3.8) is 0 Å². The Bertz CT molecular complexity index is 690. The minimum atomic E-state index is 0.554. The van der Waals surface area contributed by atoms with E-state index in [9.17, 15) is 0 Å². The van der Waals surface area contributed by atoms with Gasteiger partial charge in [-0.15, -0.1) is 0 Å². The summed E-state index contributed by atoms with van der Waals surface area (Å²) in [5, 5.41) is 0. The fourth-order valence-corrected chi connectivity index (χ4v) is 11.1. The Morgan fingerprint density at radius 3 is 1.86 bits per heavy atom. The molecule has 5 fully saturated rings. The van der Waals surface area contributed by atoms with Crippen molar-refractivity contribution in [2.45, 2.75) is 126 Å². The summed E-state index contributed by atoms with van der Waals surface area (Å²) < 4.78 is 0. The van der Waals surface area contributed by atoms with Crippen LogP contribution in [-0.2, 0) is 0 Å². The van der Waals surface area contributed by atoms with Crippen molar-refractivity contribution < 1.29 is 0 Å². The molecule has 0 saturated heterocycles. The van der Waals surface area contributed by atoms with Gasteiger partial charge in [-0.1, -0.05) is 55.4 Å². The van der Waals surface area contributed by atoms with E-state index < -0.39 is 0 Å². The summed E-state index contributed by atoms with van der Waals surface area (Å²) in [6.07, 6.45) is 16.5. The van der Waals surface area contributed by atoms with Gasteiger partial charge in [0, 0.05) is 0 Å². The van der Waals surface area contributed by atoms with Gasteiger partial charge in [-0.3, -0.25) is 0 Å². The molecule has 166 valence electrons. The Morgan fingerprint density at radius 1 is 0.517 bits per heavy atom. The molecular weight excluding hydrogens is 348 g/mol. The van der Waals surface area contributed by atoms with Crippen LogP contribution in [0.4, 0.5) is 0 Å². The molecule has 5 aliphatic rings. The first-order valence-corrected chi connectivity index (χ1v) is 13.3. The van der Waals surface area contributed by atoms with E-state index in [1.807, 2.05) is 0 Å². The monoisotopic (exact) mass is 398 g/mol. The smallest absolute Gasteiger partial charge is 0.0235 e. The van der Waals surface area contributed by atoms with E-state index >= 15 is 0 Å². The van der Waals surface area contributed by atoms with E-state index in [0.717, 1.165) is 23.7 Å². The summed E-state index contributed by atoms with van der Waals surface area (Å²) in [5.74, 6) is 3.84. The first-order chi connectivity index (χ1) is 13.3. The van der Waals surface area contributed by atoms with Gasteiger partial charge in [0.1, 0.15) is 0 Å². The molecule has 0 aliphatic heterocycles. The summed E-state index contributed by atoms with van der Waals surface area (Å²) in [6.45, 7) is 21.5. The van der Waals surface area contributed by atoms with Crippen LogP contribution in [0, 0.1) is 56.2 Å². The molecule has 0 radical (unpaired) electrons. The number of rotatable bonds is 0. The molecule has 0 amide bonds. The highest BCUT2D eigenvalue weighted by Crippen LogP contribution is 2.78. The second kappa shape index (κ2) is 5.86. The van der Waals surface area contributed by atoms with Gasteiger partial charge >= 0.3 is 0 Å². The predicted octanol–water partition coefficient (Wildman–Crippen LogP) is 8.89. The van der Waals surface area contributed by atoms with E-state index in [1.54, 1.807) is 0 Å². The molecule has 29 heavy (non-hydrogen) atoms. The number of fused-ring (bicyclic) bond motifs is 7. The summed E-state index contributed by atoms with van der Waals surface area (Å²) in [6, 6.07) is 0. The maximum atomic E-state index is 2.80. The van der Waals surface area contributed by atoms with Crippen molar-refractivity contribution in [3.8, 4) is 0 Å². The molecule has 5 saturated carbocycles. The van der Waals surface area contributed by atoms with Crippen LogP contribution < -0.4 is 0 Å². The Morgan fingerprint density at radius 2 is 1.14 bits per heavy atom. The first kappa shape index (κ1) is 20.9. The van der Waals surface area contributed by atoms with Crippen LogP contribution in [0.2, 0.25) is 0 Å². The molecule has 0 N–H and O–H groups in total. The topological polar surface area (TPSA) is 0 Å². The third kappa shape index (κ3) is 2.44. The van der Waals surface area contributed by atoms with E-state index in [1.165, 1.54) is 70.6 Å². The third-order valence-electron chi connectivity index (χ3n) is 13.6. The SMILES string of the molecule is C[C@H]1CC[C@@H]2[C@]1(C)CC[C@H]1[C@@]2(C)CC[C@]2(C)[C@H]3CC(C)(C)CC[C@]3(C)CC[C@]12C. The average Bonchev–Trinajstić information content (AvgIpc) is 2.95. The van der Waals surface area contributed by atoms with Crippen LogP contribution in [0.3, 0.4) is 0 Å². The van der Waals surface area contributed by atoms with Crippen LogP contribution in [0.25, 0.3) is 0 Å². The molecule has 0 spiro atoms. The van der Waals surface area contributed by atoms with Gasteiger partial charge in [0.2, 0.25) is 0 Å². The van der Waals surface area contributed by atoms with Crippen molar-refractivity contribution in [2.24, 2.45) is 56.2 Å². The van der Waals surface area contributed by atoms with Gasteiger partial charge in [-0.05, 0) is 127 Å². The summed E-state index contributed by atoms with van der Waals surface area (Å²) >= 11 is 0. The maximum Gasteiger partial charge on any atom is -0.0235 e. The second-order valence-electron chi connectivity index (χ2n) is 15.0. The van der Waals surface area contributed by atoms with E-state index in [4.69, 9.17) is 0 Å². The van der Waals surface area contributed by atoms with Gasteiger partial charge < -0.3 is 0 Å². The van der Waals surface area contributed by atoms with Crippen LogP contribution in [-0.4, -0.2) is 0 Å². The van der Waals surface area contributed by atoms with Crippen LogP contribution in [0.5, 0.6) is 0 Å². The highest BCUT2D eigenvalue weighted by molar-refractivity contribution is 5.19. The molecule has 0 heteroatoms. The van der Waals surface area contributed by atoms with Crippen LogP contribution in [0.1, 0.15) is 126 Å². The van der Waals surface area contributed by atoms with Crippen molar-refractivity contribution in [1.29, 1.82) is 0 Å². The van der Waals surface area contributed by atoms with Crippen molar-refractivity contribution in [3.05, 3.63) is 0 Å². The molecular formula is C29H50. The fourth-order valence-electron chi connectivity index (χ4n) is 11.1. The molecule has 0 aromatic rings. The first-order valence-electron chi connectivity index (χ1n) is 13.3. The zero-order valence-electron chi connectivity index (χ0n) is 21.1. The highest BCUT2D eigenvalue weighted by atomic mass is 14.7. The lowest BCUT2D eigenvalue weighted by Crippen LogP contribution is -2.66. The molecule has 9 atom stereocenters. The van der Waals surface area contributed by atoms with Crippen molar-refractivity contribution in [1.82, 2.24) is 0 Å². The standard InChI is InChI=1S/C29H50/c1-20-9-10-21-26(20,5)12-11-22-27(21,6)16-18-29(8)23-19-24(2,3)13-14-25(23,4)15-17-28(22,29)7/h20-23H,9-19H2,1-8H3/t20-,21+,22-,23-,25+,26+,27-,28+,29+/m0/s1. The Hall–Kier alpha value is 0. The molecule has 0 heterocycles. The molecule has 5 rings (SSSR count). The predicted molar refractivity (Wildman–Crippen MR) is 125 cm³/mol. The third-order valence-corrected chi connectivity index (χ3v) is 13.6. The van der Waals surface area contributed by atoms with Crippen molar-refractivity contribution >= 4 is 0 Å². The lowest BCUT2D eigenvalue weighted by molar-refractivity contribution is -0.248. The molecule has 0 bridgehead atoms. The largest absolute Gasteiger partial charge is 0.0620 e. The molecule has 0 aromatic carbocycles. The lowest BCUT2D eigenvalue weighted by Gasteiger charge is -2.74. The van der Waals surface area contributed by atoms with E-state index in [2.05, 4.69) is 55.4 Å². The van der Waals surface area contributed by atoms with E-state index in [0.29, 0.717) is 32.5 Å². The summed E-state index contributed by atoms with van der Waals surface area (Å²) in [5.41, 5.74) is 3.51. The number of hydrogen-bond donors (Lipinski definition) is 0. The zero-order valence-corrected chi connectivity index (χ0v) is 21.1. The van der Waals surface area contributed by atoms with Crippen LogP contribution >= 0.6 is 0 Å². The van der Waals surface area contributed by atoms with Gasteiger partial charge in [0.15, 0.2) is 0 Å².